The average molecular weight is 294 g/mol. The number of rotatable bonds is 5. The molecule has 2 aromatic carbocycles. The van der Waals surface area contributed by atoms with Crippen LogP contribution < -0.4 is 10.1 Å². The highest BCUT2D eigenvalue weighted by Gasteiger charge is 2.16. The maximum atomic E-state index is 12.2. The topological polar surface area (TPSA) is 62.1 Å². The summed E-state index contributed by atoms with van der Waals surface area (Å²) >= 11 is 0. The van der Waals surface area contributed by atoms with Crippen molar-refractivity contribution in [2.24, 2.45) is 0 Å². The van der Waals surface area contributed by atoms with E-state index in [1.165, 1.54) is 0 Å². The van der Waals surface area contributed by atoms with Crippen LogP contribution >= 0.6 is 0 Å². The number of aryl methyl sites for hydroxylation is 1. The molecular formula is C18H18N2O2. The van der Waals surface area contributed by atoms with E-state index in [0.29, 0.717) is 11.3 Å². The van der Waals surface area contributed by atoms with Crippen LogP contribution in [-0.4, -0.2) is 12.0 Å². The van der Waals surface area contributed by atoms with Gasteiger partial charge in [0.2, 0.25) is 0 Å². The molecule has 0 aliphatic heterocycles. The van der Waals surface area contributed by atoms with Crippen LogP contribution in [0.2, 0.25) is 0 Å². The molecule has 0 fully saturated rings. The van der Waals surface area contributed by atoms with Crippen molar-refractivity contribution in [2.45, 2.75) is 26.4 Å². The van der Waals surface area contributed by atoms with Crippen molar-refractivity contribution < 1.29 is 9.53 Å². The van der Waals surface area contributed by atoms with E-state index >= 15 is 0 Å². The molecule has 1 N–H and O–H groups in total. The summed E-state index contributed by atoms with van der Waals surface area (Å²) in [6.45, 7) is 3.72. The molecule has 0 spiro atoms. The molecule has 0 saturated carbocycles. The van der Waals surface area contributed by atoms with E-state index in [2.05, 4.69) is 5.32 Å². The quantitative estimate of drug-likeness (QED) is 0.917. The lowest BCUT2D eigenvalue weighted by atomic mass is 10.1. The number of carbonyl (C=O) groups excluding carboxylic acids is 1. The molecule has 22 heavy (non-hydrogen) atoms. The number of anilines is 1. The first-order valence-corrected chi connectivity index (χ1v) is 7.19. The van der Waals surface area contributed by atoms with Gasteiger partial charge < -0.3 is 10.1 Å². The largest absolute Gasteiger partial charge is 0.481 e. The number of nitrogens with one attached hydrogen (secondary N) is 1. The van der Waals surface area contributed by atoms with Crippen molar-refractivity contribution >= 4 is 11.6 Å². The SMILES string of the molecule is CCc1ccccc1NC(=O)C(C)Oc1cccc(C#N)c1. The smallest absolute Gasteiger partial charge is 0.265 e. The zero-order valence-electron chi connectivity index (χ0n) is 12.7. The summed E-state index contributed by atoms with van der Waals surface area (Å²) in [5, 5.41) is 11.8. The molecule has 0 heterocycles. The molecule has 0 aliphatic rings. The molecule has 1 amide bonds. The molecule has 2 aromatic rings. The number of carbonyl (C=O) groups is 1. The Hall–Kier alpha value is -2.80. The Morgan fingerprint density at radius 2 is 2.05 bits per heavy atom. The monoisotopic (exact) mass is 294 g/mol. The zero-order chi connectivity index (χ0) is 15.9. The highest BCUT2D eigenvalue weighted by molar-refractivity contribution is 5.94. The van der Waals surface area contributed by atoms with Gasteiger partial charge in [-0.3, -0.25) is 4.79 Å². The Labute approximate surface area is 130 Å². The van der Waals surface area contributed by atoms with Gasteiger partial charge in [-0.15, -0.1) is 0 Å². The summed E-state index contributed by atoms with van der Waals surface area (Å²) in [5.74, 6) is 0.286. The maximum Gasteiger partial charge on any atom is 0.265 e. The minimum atomic E-state index is -0.654. The van der Waals surface area contributed by atoms with Crippen molar-refractivity contribution in [1.29, 1.82) is 5.26 Å². The second-order valence-corrected chi connectivity index (χ2v) is 4.90. The van der Waals surface area contributed by atoms with Crippen molar-refractivity contribution in [3.05, 3.63) is 59.7 Å². The zero-order valence-corrected chi connectivity index (χ0v) is 12.7. The Morgan fingerprint density at radius 1 is 1.27 bits per heavy atom. The van der Waals surface area contributed by atoms with Gasteiger partial charge in [-0.25, -0.2) is 0 Å². The molecule has 2 rings (SSSR count). The third-order valence-corrected chi connectivity index (χ3v) is 3.30. The van der Waals surface area contributed by atoms with Crippen LogP contribution in [0, 0.1) is 11.3 Å². The molecule has 4 nitrogen and oxygen atoms in total. The molecule has 0 bridgehead atoms. The molecule has 1 atom stereocenters. The number of benzene rings is 2. The van der Waals surface area contributed by atoms with Gasteiger partial charge in [-0.2, -0.15) is 5.26 Å². The van der Waals surface area contributed by atoms with Gasteiger partial charge in [0.1, 0.15) is 5.75 Å². The lowest BCUT2D eigenvalue weighted by Gasteiger charge is -2.16. The van der Waals surface area contributed by atoms with Crippen LogP contribution in [-0.2, 0) is 11.2 Å². The van der Waals surface area contributed by atoms with E-state index in [9.17, 15) is 4.79 Å². The number of hydrogen-bond donors (Lipinski definition) is 1. The highest BCUT2D eigenvalue weighted by Crippen LogP contribution is 2.18. The minimum Gasteiger partial charge on any atom is -0.481 e. The first-order valence-electron chi connectivity index (χ1n) is 7.19. The normalized spacial score (nSPS) is 11.3. The fourth-order valence-corrected chi connectivity index (χ4v) is 2.08. The lowest BCUT2D eigenvalue weighted by Crippen LogP contribution is -2.30. The van der Waals surface area contributed by atoms with Gasteiger partial charge in [0.05, 0.1) is 11.6 Å². The van der Waals surface area contributed by atoms with Gasteiger partial charge in [0.25, 0.3) is 5.91 Å². The molecule has 1 unspecified atom stereocenters. The second kappa shape index (κ2) is 7.28. The minimum absolute atomic E-state index is 0.219. The summed E-state index contributed by atoms with van der Waals surface area (Å²) in [4.78, 5) is 12.2. The Balaban J connectivity index is 2.04. The van der Waals surface area contributed by atoms with Crippen LogP contribution in [0.4, 0.5) is 5.69 Å². The number of nitriles is 1. The third-order valence-electron chi connectivity index (χ3n) is 3.30. The van der Waals surface area contributed by atoms with Gasteiger partial charge in [-0.1, -0.05) is 31.2 Å². The molecule has 112 valence electrons. The highest BCUT2D eigenvalue weighted by atomic mass is 16.5. The van der Waals surface area contributed by atoms with Crippen molar-refractivity contribution in [2.75, 3.05) is 5.32 Å². The van der Waals surface area contributed by atoms with Gasteiger partial charge in [0.15, 0.2) is 6.10 Å². The summed E-state index contributed by atoms with van der Waals surface area (Å²) in [7, 11) is 0. The van der Waals surface area contributed by atoms with E-state index in [1.54, 1.807) is 31.2 Å². The Morgan fingerprint density at radius 3 is 2.77 bits per heavy atom. The summed E-state index contributed by atoms with van der Waals surface area (Å²) in [6, 6.07) is 16.5. The molecule has 0 aliphatic carbocycles. The van der Waals surface area contributed by atoms with Crippen LogP contribution in [0.5, 0.6) is 5.75 Å². The van der Waals surface area contributed by atoms with E-state index in [4.69, 9.17) is 10.00 Å². The van der Waals surface area contributed by atoms with Crippen LogP contribution in [0.15, 0.2) is 48.5 Å². The third kappa shape index (κ3) is 3.86. The fourth-order valence-electron chi connectivity index (χ4n) is 2.08. The van der Waals surface area contributed by atoms with Crippen LogP contribution in [0.3, 0.4) is 0 Å². The number of para-hydroxylation sites is 1. The number of amides is 1. The fraction of sp³-hybridized carbons (Fsp3) is 0.222. The average Bonchev–Trinajstić information content (AvgIpc) is 2.55. The van der Waals surface area contributed by atoms with Crippen molar-refractivity contribution in [3.63, 3.8) is 0 Å². The lowest BCUT2D eigenvalue weighted by molar-refractivity contribution is -0.122. The first kappa shape index (κ1) is 15.6. The molecule has 0 aromatic heterocycles. The van der Waals surface area contributed by atoms with Crippen molar-refractivity contribution in [3.8, 4) is 11.8 Å². The Bertz CT molecular complexity index is 704. The number of nitrogens with zero attached hydrogens (tertiary/aromatic N) is 1. The van der Waals surface area contributed by atoms with Crippen molar-refractivity contribution in [1.82, 2.24) is 0 Å². The van der Waals surface area contributed by atoms with Crippen LogP contribution in [0.1, 0.15) is 25.0 Å². The molecule has 0 saturated heterocycles. The van der Waals surface area contributed by atoms with Gasteiger partial charge in [0, 0.05) is 5.69 Å². The summed E-state index contributed by atoms with van der Waals surface area (Å²) < 4.78 is 5.60. The van der Waals surface area contributed by atoms with Gasteiger partial charge in [-0.05, 0) is 43.2 Å². The standard InChI is InChI=1S/C18H18N2O2/c1-3-15-8-4-5-10-17(15)20-18(21)13(2)22-16-9-6-7-14(11-16)12-19/h4-11,13H,3H2,1-2H3,(H,20,21). The summed E-state index contributed by atoms with van der Waals surface area (Å²) in [5.41, 5.74) is 2.38. The Kier molecular flexibility index (Phi) is 5.16. The second-order valence-electron chi connectivity index (χ2n) is 4.90. The molecule has 0 radical (unpaired) electrons. The predicted molar refractivity (Wildman–Crippen MR) is 85.7 cm³/mol. The van der Waals surface area contributed by atoms with Gasteiger partial charge >= 0.3 is 0 Å². The van der Waals surface area contributed by atoms with E-state index in [0.717, 1.165) is 17.7 Å². The number of ether oxygens (including phenoxy) is 1. The van der Waals surface area contributed by atoms with E-state index in [1.807, 2.05) is 37.3 Å². The summed E-state index contributed by atoms with van der Waals surface area (Å²) in [6.07, 6.45) is 0.189. The number of hydrogen-bond acceptors (Lipinski definition) is 3. The van der Waals surface area contributed by atoms with E-state index in [-0.39, 0.29) is 5.91 Å². The molecular weight excluding hydrogens is 276 g/mol. The predicted octanol–water partition coefficient (Wildman–Crippen LogP) is 3.53. The first-order chi connectivity index (χ1) is 10.6. The maximum absolute atomic E-state index is 12.2. The molecule has 4 heteroatoms. The van der Waals surface area contributed by atoms with E-state index < -0.39 is 6.10 Å². The van der Waals surface area contributed by atoms with Crippen LogP contribution in [0.25, 0.3) is 0 Å².